The molecule has 1 aliphatic rings. The molecule has 0 bridgehead atoms. The fraction of sp³-hybridized carbons (Fsp3) is 0.533. The van der Waals surface area contributed by atoms with Crippen molar-refractivity contribution < 1.29 is 14.3 Å². The van der Waals surface area contributed by atoms with Crippen LogP contribution in [0.4, 0.5) is 4.79 Å². The van der Waals surface area contributed by atoms with Gasteiger partial charge in [0.05, 0.1) is 13.2 Å². The Labute approximate surface area is 119 Å². The average Bonchev–Trinajstić information content (AvgIpc) is 2.85. The van der Waals surface area contributed by atoms with Gasteiger partial charge in [-0.25, -0.2) is 4.79 Å². The second-order valence-electron chi connectivity index (χ2n) is 5.12. The van der Waals surface area contributed by atoms with Gasteiger partial charge in [-0.3, -0.25) is 0 Å². The molecule has 5 heteroatoms. The molecule has 1 saturated heterocycles. The topological polar surface area (TPSA) is 59.6 Å². The molecule has 110 valence electrons. The molecule has 20 heavy (non-hydrogen) atoms. The Bertz CT molecular complexity index is 456. The number of benzene rings is 1. The summed E-state index contributed by atoms with van der Waals surface area (Å²) >= 11 is 0. The van der Waals surface area contributed by atoms with Crippen molar-refractivity contribution >= 4 is 6.03 Å². The predicted octanol–water partition coefficient (Wildman–Crippen LogP) is 1.95. The minimum atomic E-state index is -0.552. The fourth-order valence-electron chi connectivity index (χ4n) is 2.15. The van der Waals surface area contributed by atoms with Crippen LogP contribution in [0.3, 0.4) is 0 Å². The second kappa shape index (κ2) is 6.72. The Balaban J connectivity index is 1.67. The van der Waals surface area contributed by atoms with Gasteiger partial charge in [0.25, 0.3) is 0 Å². The Morgan fingerprint density at radius 2 is 1.95 bits per heavy atom. The molecule has 0 aliphatic carbocycles. The fourth-order valence-corrected chi connectivity index (χ4v) is 2.15. The smallest absolute Gasteiger partial charge is 0.315 e. The summed E-state index contributed by atoms with van der Waals surface area (Å²) in [6.07, 6.45) is 0.644. The number of ether oxygens (including phenoxy) is 2. The molecule has 1 aliphatic heterocycles. The van der Waals surface area contributed by atoms with Crippen LogP contribution in [0, 0.1) is 6.92 Å². The molecule has 0 unspecified atom stereocenters. The van der Waals surface area contributed by atoms with E-state index in [2.05, 4.69) is 10.6 Å². The van der Waals surface area contributed by atoms with E-state index in [1.165, 1.54) is 5.56 Å². The molecule has 2 rings (SSSR count). The van der Waals surface area contributed by atoms with E-state index in [4.69, 9.17) is 9.47 Å². The maximum Gasteiger partial charge on any atom is 0.315 e. The first kappa shape index (κ1) is 14.8. The lowest BCUT2D eigenvalue weighted by molar-refractivity contribution is -0.145. The maximum absolute atomic E-state index is 11.7. The second-order valence-corrected chi connectivity index (χ2v) is 5.12. The molecule has 1 aromatic rings. The summed E-state index contributed by atoms with van der Waals surface area (Å²) in [5.74, 6) is -0.552. The number of carbonyl (C=O) groups excluding carboxylic acids is 1. The van der Waals surface area contributed by atoms with Gasteiger partial charge in [-0.15, -0.1) is 0 Å². The number of hydrogen-bond donors (Lipinski definition) is 2. The van der Waals surface area contributed by atoms with Crippen molar-refractivity contribution in [1.82, 2.24) is 10.6 Å². The van der Waals surface area contributed by atoms with Gasteiger partial charge in [0, 0.05) is 19.5 Å². The molecule has 0 atom stereocenters. The number of amides is 2. The number of aryl methyl sites for hydroxylation is 1. The molecule has 1 heterocycles. The lowest BCUT2D eigenvalue weighted by Gasteiger charge is -2.22. The lowest BCUT2D eigenvalue weighted by atomic mass is 10.1. The molecular formula is C15H22N2O3. The highest BCUT2D eigenvalue weighted by atomic mass is 16.7. The largest absolute Gasteiger partial charge is 0.348 e. The highest BCUT2D eigenvalue weighted by Crippen LogP contribution is 2.21. The van der Waals surface area contributed by atoms with Gasteiger partial charge in [0.2, 0.25) is 0 Å². The summed E-state index contributed by atoms with van der Waals surface area (Å²) in [5.41, 5.74) is 2.30. The van der Waals surface area contributed by atoms with Crippen molar-refractivity contribution in [2.45, 2.75) is 32.6 Å². The summed E-state index contributed by atoms with van der Waals surface area (Å²) in [5, 5.41) is 5.66. The molecule has 0 radical (unpaired) electrons. The first-order valence-corrected chi connectivity index (χ1v) is 6.93. The van der Waals surface area contributed by atoms with Gasteiger partial charge in [0.15, 0.2) is 5.79 Å². The van der Waals surface area contributed by atoms with Crippen molar-refractivity contribution in [2.75, 3.05) is 19.8 Å². The molecule has 0 saturated carbocycles. The van der Waals surface area contributed by atoms with Gasteiger partial charge >= 0.3 is 6.03 Å². The lowest BCUT2D eigenvalue weighted by Crippen LogP contribution is -2.39. The third kappa shape index (κ3) is 4.21. The summed E-state index contributed by atoms with van der Waals surface area (Å²) in [6.45, 7) is 6.22. The third-order valence-electron chi connectivity index (χ3n) is 3.46. The standard InChI is InChI=1S/C15H22N2O3/c1-12-5-3-4-6-13(12)11-17-14(18)16-8-7-15(2)19-9-10-20-15/h3-6H,7-11H2,1-2H3,(H2,16,17,18). The van der Waals surface area contributed by atoms with E-state index >= 15 is 0 Å². The molecule has 0 spiro atoms. The summed E-state index contributed by atoms with van der Waals surface area (Å²) < 4.78 is 10.9. The van der Waals surface area contributed by atoms with E-state index in [1.54, 1.807) is 0 Å². The van der Waals surface area contributed by atoms with Gasteiger partial charge < -0.3 is 20.1 Å². The molecule has 5 nitrogen and oxygen atoms in total. The van der Waals surface area contributed by atoms with E-state index < -0.39 is 5.79 Å². The van der Waals surface area contributed by atoms with E-state index in [-0.39, 0.29) is 6.03 Å². The molecular weight excluding hydrogens is 256 g/mol. The Morgan fingerprint density at radius 1 is 1.25 bits per heavy atom. The van der Waals surface area contributed by atoms with Crippen LogP contribution < -0.4 is 10.6 Å². The van der Waals surface area contributed by atoms with Crippen LogP contribution in [0.5, 0.6) is 0 Å². The van der Waals surface area contributed by atoms with Gasteiger partial charge in [-0.2, -0.15) is 0 Å². The molecule has 1 fully saturated rings. The minimum Gasteiger partial charge on any atom is -0.348 e. The van der Waals surface area contributed by atoms with Crippen LogP contribution in [-0.4, -0.2) is 31.6 Å². The molecule has 1 aromatic carbocycles. The van der Waals surface area contributed by atoms with E-state index in [1.807, 2.05) is 38.1 Å². The number of urea groups is 1. The first-order valence-electron chi connectivity index (χ1n) is 6.93. The van der Waals surface area contributed by atoms with Crippen LogP contribution in [-0.2, 0) is 16.0 Å². The van der Waals surface area contributed by atoms with Gasteiger partial charge in [-0.1, -0.05) is 24.3 Å². The zero-order valence-electron chi connectivity index (χ0n) is 12.1. The quantitative estimate of drug-likeness (QED) is 0.865. The Morgan fingerprint density at radius 3 is 2.65 bits per heavy atom. The summed E-state index contributed by atoms with van der Waals surface area (Å²) in [6, 6.07) is 7.83. The van der Waals surface area contributed by atoms with E-state index in [9.17, 15) is 4.79 Å². The Hall–Kier alpha value is -1.59. The van der Waals surface area contributed by atoms with Crippen LogP contribution >= 0.6 is 0 Å². The van der Waals surface area contributed by atoms with Gasteiger partial charge in [0.1, 0.15) is 0 Å². The van der Waals surface area contributed by atoms with E-state index in [0.29, 0.717) is 32.7 Å². The highest BCUT2D eigenvalue weighted by molar-refractivity contribution is 5.73. The van der Waals surface area contributed by atoms with E-state index in [0.717, 1.165) is 5.56 Å². The van der Waals surface area contributed by atoms with Crippen molar-refractivity contribution in [3.05, 3.63) is 35.4 Å². The van der Waals surface area contributed by atoms with Crippen LogP contribution in [0.25, 0.3) is 0 Å². The molecule has 2 N–H and O–H groups in total. The third-order valence-corrected chi connectivity index (χ3v) is 3.46. The Kier molecular flexibility index (Phi) is 4.98. The average molecular weight is 278 g/mol. The van der Waals surface area contributed by atoms with Crippen LogP contribution in [0.1, 0.15) is 24.5 Å². The normalized spacial score (nSPS) is 16.9. The minimum absolute atomic E-state index is 0.171. The SMILES string of the molecule is Cc1ccccc1CNC(=O)NCCC1(C)OCCO1. The monoisotopic (exact) mass is 278 g/mol. The number of carbonyl (C=O) groups is 1. The van der Waals surface area contributed by atoms with Gasteiger partial charge in [-0.05, 0) is 25.0 Å². The predicted molar refractivity (Wildman–Crippen MR) is 76.3 cm³/mol. The first-order chi connectivity index (χ1) is 9.59. The summed E-state index contributed by atoms with van der Waals surface area (Å²) in [4.78, 5) is 11.7. The number of rotatable bonds is 5. The summed E-state index contributed by atoms with van der Waals surface area (Å²) in [7, 11) is 0. The molecule has 0 aromatic heterocycles. The van der Waals surface area contributed by atoms with Crippen LogP contribution in [0.15, 0.2) is 24.3 Å². The zero-order valence-corrected chi connectivity index (χ0v) is 12.1. The van der Waals surface area contributed by atoms with Crippen molar-refractivity contribution in [3.8, 4) is 0 Å². The molecule has 2 amide bonds. The zero-order chi connectivity index (χ0) is 14.4. The number of hydrogen-bond acceptors (Lipinski definition) is 3. The highest BCUT2D eigenvalue weighted by Gasteiger charge is 2.30. The van der Waals surface area contributed by atoms with Crippen molar-refractivity contribution in [3.63, 3.8) is 0 Å². The number of nitrogens with one attached hydrogen (secondary N) is 2. The van der Waals surface area contributed by atoms with Crippen molar-refractivity contribution in [1.29, 1.82) is 0 Å². The van der Waals surface area contributed by atoms with Crippen molar-refractivity contribution in [2.24, 2.45) is 0 Å². The van der Waals surface area contributed by atoms with Crippen LogP contribution in [0.2, 0.25) is 0 Å². The maximum atomic E-state index is 11.7.